The number of hydrogen-bond acceptors (Lipinski definition) is 6. The Morgan fingerprint density at radius 2 is 1.88 bits per heavy atom. The lowest BCUT2D eigenvalue weighted by Gasteiger charge is -2.43. The van der Waals surface area contributed by atoms with Crippen LogP contribution in [0, 0.1) is 5.92 Å². The second kappa shape index (κ2) is 8.92. The van der Waals surface area contributed by atoms with E-state index in [9.17, 15) is 4.79 Å². The fraction of sp³-hybridized carbons (Fsp3) is 0.462. The van der Waals surface area contributed by atoms with Gasteiger partial charge in [0, 0.05) is 50.7 Å². The number of carbonyl (C=O) groups excluding carboxylic acids is 1. The number of benzene rings is 2. The van der Waals surface area contributed by atoms with Crippen LogP contribution in [0.25, 0.3) is 22.2 Å². The molecule has 2 aromatic carbocycles. The quantitative estimate of drug-likeness (QED) is 0.587. The molecule has 3 aliphatic heterocycles. The first-order valence-corrected chi connectivity index (χ1v) is 12.2. The smallest absolute Gasteiger partial charge is 0.220 e. The second-order valence-electron chi connectivity index (χ2n) is 9.63. The number of aromatic nitrogens is 2. The first-order chi connectivity index (χ1) is 16.6. The van der Waals surface area contributed by atoms with Gasteiger partial charge in [0.05, 0.1) is 31.1 Å². The highest BCUT2D eigenvalue weighted by atomic mass is 16.5. The molecule has 6 rings (SSSR count). The maximum absolute atomic E-state index is 11.6. The van der Waals surface area contributed by atoms with Crippen LogP contribution in [-0.2, 0) is 9.53 Å². The third-order valence-electron chi connectivity index (χ3n) is 7.49. The number of aromatic amines is 1. The van der Waals surface area contributed by atoms with E-state index in [1.54, 1.807) is 6.33 Å². The lowest BCUT2D eigenvalue weighted by Crippen LogP contribution is -2.56. The van der Waals surface area contributed by atoms with Crippen LogP contribution in [0.5, 0.6) is 5.75 Å². The van der Waals surface area contributed by atoms with Crippen molar-refractivity contribution in [2.45, 2.75) is 25.5 Å². The van der Waals surface area contributed by atoms with Gasteiger partial charge in [-0.2, -0.15) is 0 Å². The summed E-state index contributed by atoms with van der Waals surface area (Å²) in [6, 6.07) is 13.6. The average Bonchev–Trinajstić information content (AvgIpc) is 3.48. The molecular formula is C26H31N5O3. The van der Waals surface area contributed by atoms with Crippen LogP contribution in [0.2, 0.25) is 0 Å². The van der Waals surface area contributed by atoms with Crippen molar-refractivity contribution in [1.82, 2.24) is 20.2 Å². The number of imidazole rings is 1. The number of carbonyl (C=O) groups is 1. The Morgan fingerprint density at radius 1 is 1.09 bits per heavy atom. The van der Waals surface area contributed by atoms with Crippen LogP contribution in [0.3, 0.4) is 0 Å². The summed E-state index contributed by atoms with van der Waals surface area (Å²) in [5.41, 5.74) is 5.25. The molecule has 1 aromatic heterocycles. The summed E-state index contributed by atoms with van der Waals surface area (Å²) in [7, 11) is 0. The minimum Gasteiger partial charge on any atom is -0.488 e. The largest absolute Gasteiger partial charge is 0.488 e. The summed E-state index contributed by atoms with van der Waals surface area (Å²) in [4.78, 5) is 24.3. The van der Waals surface area contributed by atoms with Crippen molar-refractivity contribution in [2.24, 2.45) is 5.92 Å². The molecular weight excluding hydrogens is 430 g/mol. The lowest BCUT2D eigenvalue weighted by atomic mass is 10.0. The molecule has 2 N–H and O–H groups in total. The van der Waals surface area contributed by atoms with Crippen molar-refractivity contribution in [2.75, 3.05) is 50.8 Å². The highest BCUT2D eigenvalue weighted by Gasteiger charge is 2.30. The number of piperazine rings is 1. The SMILES string of the molecule is CC(Oc1cc(-c2ccc(N3CCN(C4COC4)CC3)cc2)cc2[nH]cnc12)C1CNC(=O)C1. The molecule has 178 valence electrons. The molecule has 3 aromatic rings. The van der Waals surface area contributed by atoms with E-state index in [0.29, 0.717) is 19.0 Å². The molecule has 1 amide bonds. The van der Waals surface area contributed by atoms with E-state index in [0.717, 1.165) is 67.3 Å². The topological polar surface area (TPSA) is 82.7 Å². The molecule has 8 heteroatoms. The summed E-state index contributed by atoms with van der Waals surface area (Å²) in [6.07, 6.45) is 2.13. The summed E-state index contributed by atoms with van der Waals surface area (Å²) in [6.45, 7) is 8.73. The first-order valence-electron chi connectivity index (χ1n) is 12.2. The van der Waals surface area contributed by atoms with E-state index in [1.807, 2.05) is 6.92 Å². The first kappa shape index (κ1) is 21.4. The summed E-state index contributed by atoms with van der Waals surface area (Å²) in [5.74, 6) is 1.01. The zero-order valence-corrected chi connectivity index (χ0v) is 19.5. The normalized spacial score (nSPS) is 22.6. The Balaban J connectivity index is 1.19. The number of hydrogen-bond donors (Lipinski definition) is 2. The fourth-order valence-corrected chi connectivity index (χ4v) is 5.17. The molecule has 2 unspecified atom stereocenters. The van der Waals surface area contributed by atoms with Gasteiger partial charge in [-0.15, -0.1) is 0 Å². The summed E-state index contributed by atoms with van der Waals surface area (Å²) >= 11 is 0. The fourth-order valence-electron chi connectivity index (χ4n) is 5.17. The molecule has 2 atom stereocenters. The molecule has 0 radical (unpaired) electrons. The molecule has 8 nitrogen and oxygen atoms in total. The highest BCUT2D eigenvalue weighted by Crippen LogP contribution is 2.33. The van der Waals surface area contributed by atoms with Gasteiger partial charge in [-0.3, -0.25) is 9.69 Å². The van der Waals surface area contributed by atoms with Crippen molar-refractivity contribution in [3.63, 3.8) is 0 Å². The van der Waals surface area contributed by atoms with Crippen LogP contribution in [0.1, 0.15) is 13.3 Å². The van der Waals surface area contributed by atoms with Gasteiger partial charge in [0.2, 0.25) is 5.91 Å². The van der Waals surface area contributed by atoms with E-state index in [-0.39, 0.29) is 17.9 Å². The summed E-state index contributed by atoms with van der Waals surface area (Å²) < 4.78 is 11.7. The van der Waals surface area contributed by atoms with Crippen LogP contribution in [0.15, 0.2) is 42.7 Å². The van der Waals surface area contributed by atoms with E-state index >= 15 is 0 Å². The van der Waals surface area contributed by atoms with Crippen molar-refractivity contribution in [3.05, 3.63) is 42.7 Å². The van der Waals surface area contributed by atoms with E-state index in [2.05, 4.69) is 61.5 Å². The zero-order valence-electron chi connectivity index (χ0n) is 19.5. The molecule has 3 fully saturated rings. The Bertz CT molecular complexity index is 1160. The monoisotopic (exact) mass is 461 g/mol. The van der Waals surface area contributed by atoms with E-state index < -0.39 is 0 Å². The molecule has 0 aliphatic carbocycles. The van der Waals surface area contributed by atoms with Crippen LogP contribution < -0.4 is 15.0 Å². The van der Waals surface area contributed by atoms with Gasteiger partial charge in [0.15, 0.2) is 0 Å². The van der Waals surface area contributed by atoms with Gasteiger partial charge < -0.3 is 24.7 Å². The molecule has 0 saturated carbocycles. The predicted molar refractivity (Wildman–Crippen MR) is 131 cm³/mol. The molecule has 3 saturated heterocycles. The van der Waals surface area contributed by atoms with Gasteiger partial charge in [0.25, 0.3) is 0 Å². The average molecular weight is 462 g/mol. The minimum atomic E-state index is -0.0818. The number of anilines is 1. The van der Waals surface area contributed by atoms with Gasteiger partial charge in [-0.25, -0.2) is 4.98 Å². The number of fused-ring (bicyclic) bond motifs is 1. The van der Waals surface area contributed by atoms with Crippen molar-refractivity contribution in [1.29, 1.82) is 0 Å². The Kier molecular flexibility index (Phi) is 5.63. The van der Waals surface area contributed by atoms with Gasteiger partial charge >= 0.3 is 0 Å². The Labute approximate surface area is 199 Å². The van der Waals surface area contributed by atoms with Gasteiger partial charge in [0.1, 0.15) is 17.4 Å². The Hall–Kier alpha value is -3.10. The maximum Gasteiger partial charge on any atom is 0.220 e. The predicted octanol–water partition coefficient (Wildman–Crippen LogP) is 2.65. The van der Waals surface area contributed by atoms with Gasteiger partial charge in [-0.05, 0) is 42.3 Å². The number of nitrogens with zero attached hydrogens (tertiary/aromatic N) is 3. The van der Waals surface area contributed by atoms with Crippen molar-refractivity contribution >= 4 is 22.6 Å². The van der Waals surface area contributed by atoms with Crippen LogP contribution >= 0.6 is 0 Å². The van der Waals surface area contributed by atoms with E-state index in [4.69, 9.17) is 9.47 Å². The zero-order chi connectivity index (χ0) is 23.1. The van der Waals surface area contributed by atoms with Crippen molar-refractivity contribution in [3.8, 4) is 16.9 Å². The number of H-pyrrole nitrogens is 1. The third kappa shape index (κ3) is 4.12. The number of amides is 1. The number of nitrogens with one attached hydrogen (secondary N) is 2. The molecule has 34 heavy (non-hydrogen) atoms. The maximum atomic E-state index is 11.6. The molecule has 3 aliphatic rings. The number of rotatable bonds is 6. The summed E-state index contributed by atoms with van der Waals surface area (Å²) in [5, 5.41) is 2.90. The third-order valence-corrected chi connectivity index (χ3v) is 7.49. The standard InChI is InChI=1S/C26H31N5O3/c1-17(20-12-25(32)27-13-20)34-24-11-19(10-23-26(24)29-16-28-23)18-2-4-21(5-3-18)30-6-8-31(9-7-30)22-14-33-15-22/h2-5,10-11,16-17,20,22H,6-9,12-15H2,1H3,(H,27,32)(H,28,29). The minimum absolute atomic E-state index is 0.0818. The molecule has 4 heterocycles. The van der Waals surface area contributed by atoms with Crippen molar-refractivity contribution < 1.29 is 14.3 Å². The second-order valence-corrected chi connectivity index (χ2v) is 9.63. The van der Waals surface area contributed by atoms with Gasteiger partial charge in [-0.1, -0.05) is 12.1 Å². The lowest BCUT2D eigenvalue weighted by molar-refractivity contribution is -0.119. The highest BCUT2D eigenvalue weighted by molar-refractivity contribution is 5.87. The van der Waals surface area contributed by atoms with Crippen LogP contribution in [0.4, 0.5) is 5.69 Å². The van der Waals surface area contributed by atoms with E-state index in [1.165, 1.54) is 5.69 Å². The molecule has 0 spiro atoms. The Morgan fingerprint density at radius 3 is 2.56 bits per heavy atom. The van der Waals surface area contributed by atoms with Crippen LogP contribution in [-0.4, -0.2) is 78.9 Å². The molecule has 0 bridgehead atoms. The number of ether oxygens (including phenoxy) is 2.